The summed E-state index contributed by atoms with van der Waals surface area (Å²) in [5.41, 5.74) is 5.16. The minimum absolute atomic E-state index is 0.0548. The van der Waals surface area contributed by atoms with Crippen LogP contribution in [-0.2, 0) is 11.3 Å². The Bertz CT molecular complexity index is 424. The second-order valence-corrected chi connectivity index (χ2v) is 5.41. The Kier molecular flexibility index (Phi) is 6.64. The molecular weight excluding hydrogens is 272 g/mol. The molecule has 0 aliphatic carbocycles. The Hall–Kier alpha value is -1.43. The molecule has 0 saturated heterocycles. The maximum atomic E-state index is 12.5. The predicted molar refractivity (Wildman–Crippen MR) is 84.3 cm³/mol. The molecule has 6 heteroatoms. The van der Waals surface area contributed by atoms with Crippen molar-refractivity contribution < 1.29 is 4.79 Å². The van der Waals surface area contributed by atoms with E-state index >= 15 is 0 Å². The maximum absolute atomic E-state index is 12.5. The van der Waals surface area contributed by atoms with Crippen molar-refractivity contribution in [2.24, 2.45) is 11.1 Å². The first-order chi connectivity index (χ1) is 9.56. The van der Waals surface area contributed by atoms with Crippen molar-refractivity contribution in [1.82, 2.24) is 15.1 Å². The van der Waals surface area contributed by atoms with Gasteiger partial charge in [-0.15, -0.1) is 0 Å². The summed E-state index contributed by atoms with van der Waals surface area (Å²) >= 11 is 5.17. The fourth-order valence-electron chi connectivity index (χ4n) is 2.45. The van der Waals surface area contributed by atoms with Crippen molar-refractivity contribution in [2.75, 3.05) is 6.54 Å². The van der Waals surface area contributed by atoms with Gasteiger partial charge >= 0.3 is 0 Å². The minimum atomic E-state index is -0.705. The molecule has 1 aromatic rings. The van der Waals surface area contributed by atoms with Crippen LogP contribution in [0.1, 0.15) is 39.5 Å². The Balaban J connectivity index is 2.64. The van der Waals surface area contributed by atoms with E-state index < -0.39 is 5.41 Å². The van der Waals surface area contributed by atoms with Gasteiger partial charge < -0.3 is 11.1 Å². The quantitative estimate of drug-likeness (QED) is 0.682. The van der Waals surface area contributed by atoms with Crippen LogP contribution < -0.4 is 11.1 Å². The lowest BCUT2D eigenvalue weighted by Gasteiger charge is -2.31. The van der Waals surface area contributed by atoms with E-state index in [1.165, 1.54) is 0 Å². The van der Waals surface area contributed by atoms with Gasteiger partial charge in [0.15, 0.2) is 0 Å². The molecule has 1 heterocycles. The second-order valence-electron chi connectivity index (χ2n) is 4.97. The first kappa shape index (κ1) is 16.6. The van der Waals surface area contributed by atoms with Gasteiger partial charge in [0, 0.05) is 18.9 Å². The number of carbonyl (C=O) groups excluding carboxylic acids is 1. The van der Waals surface area contributed by atoms with Gasteiger partial charge in [0.25, 0.3) is 0 Å². The Morgan fingerprint density at radius 3 is 2.50 bits per heavy atom. The molecule has 0 fully saturated rings. The number of nitrogens with zero attached hydrogens (tertiary/aromatic N) is 2. The van der Waals surface area contributed by atoms with Crippen molar-refractivity contribution in [2.45, 2.75) is 46.1 Å². The number of aromatic nitrogens is 2. The third-order valence-electron chi connectivity index (χ3n) is 3.45. The van der Waals surface area contributed by atoms with E-state index in [0.29, 0.717) is 30.9 Å². The lowest BCUT2D eigenvalue weighted by atomic mass is 9.78. The fourth-order valence-corrected chi connectivity index (χ4v) is 2.75. The number of nitrogens with one attached hydrogen (secondary N) is 1. The average molecular weight is 296 g/mol. The standard InChI is InChI=1S/C14H24N4OS/c1-3-6-14(7-4-2,12(15)20)13(19)16-9-11-18-10-5-8-17-18/h5,8,10H,3-4,6-7,9,11H2,1-2H3,(H2,15,20)(H,16,19). The highest BCUT2D eigenvalue weighted by molar-refractivity contribution is 7.80. The van der Waals surface area contributed by atoms with Gasteiger partial charge in [-0.25, -0.2) is 0 Å². The first-order valence-electron chi connectivity index (χ1n) is 7.12. The molecule has 0 unspecified atom stereocenters. The topological polar surface area (TPSA) is 72.9 Å². The number of hydrogen-bond acceptors (Lipinski definition) is 3. The van der Waals surface area contributed by atoms with Crippen LogP contribution in [-0.4, -0.2) is 27.2 Å². The number of amides is 1. The molecule has 1 aromatic heterocycles. The molecule has 0 spiro atoms. The average Bonchev–Trinajstić information content (AvgIpc) is 2.91. The summed E-state index contributed by atoms with van der Waals surface area (Å²) in [6.07, 6.45) is 6.74. The molecule has 0 saturated carbocycles. The highest BCUT2D eigenvalue weighted by atomic mass is 32.1. The number of rotatable bonds is 9. The van der Waals surface area contributed by atoms with Crippen LogP contribution >= 0.6 is 12.2 Å². The monoisotopic (exact) mass is 296 g/mol. The van der Waals surface area contributed by atoms with E-state index in [4.69, 9.17) is 18.0 Å². The van der Waals surface area contributed by atoms with E-state index in [9.17, 15) is 4.79 Å². The van der Waals surface area contributed by atoms with Crippen LogP contribution in [0.3, 0.4) is 0 Å². The second kappa shape index (κ2) is 7.99. The first-order valence-corrected chi connectivity index (χ1v) is 7.53. The van der Waals surface area contributed by atoms with Crippen molar-refractivity contribution in [3.8, 4) is 0 Å². The summed E-state index contributed by atoms with van der Waals surface area (Å²) in [5.74, 6) is -0.0548. The van der Waals surface area contributed by atoms with Crippen molar-refractivity contribution in [3.63, 3.8) is 0 Å². The molecule has 1 amide bonds. The summed E-state index contributed by atoms with van der Waals surface area (Å²) in [6, 6.07) is 1.86. The molecule has 1 rings (SSSR count). The molecule has 20 heavy (non-hydrogen) atoms. The number of thiocarbonyl (C=S) groups is 1. The molecule has 0 atom stereocenters. The molecule has 0 aliphatic rings. The summed E-state index contributed by atoms with van der Waals surface area (Å²) in [6.45, 7) is 5.25. The van der Waals surface area contributed by atoms with Gasteiger partial charge in [-0.2, -0.15) is 5.10 Å². The Labute approximate surface area is 125 Å². The lowest BCUT2D eigenvalue weighted by Crippen LogP contribution is -2.49. The van der Waals surface area contributed by atoms with Gasteiger partial charge in [0.05, 0.1) is 16.9 Å². The SMILES string of the molecule is CCCC(CCC)(C(=O)NCCn1cccn1)C(N)=S. The van der Waals surface area contributed by atoms with Crippen LogP contribution in [0.15, 0.2) is 18.5 Å². The Morgan fingerprint density at radius 2 is 2.05 bits per heavy atom. The van der Waals surface area contributed by atoms with Crippen LogP contribution in [0.2, 0.25) is 0 Å². The highest BCUT2D eigenvalue weighted by Crippen LogP contribution is 2.30. The molecular formula is C14H24N4OS. The fraction of sp³-hybridized carbons (Fsp3) is 0.643. The van der Waals surface area contributed by atoms with Gasteiger partial charge in [-0.1, -0.05) is 38.9 Å². The summed E-state index contributed by atoms with van der Waals surface area (Å²) in [5, 5.41) is 7.04. The zero-order chi connectivity index (χ0) is 15.0. The number of hydrogen-bond donors (Lipinski definition) is 2. The van der Waals surface area contributed by atoms with Crippen LogP contribution in [0.4, 0.5) is 0 Å². The predicted octanol–water partition coefficient (Wildman–Crippen LogP) is 1.87. The number of carbonyl (C=O) groups is 1. The third kappa shape index (κ3) is 4.03. The van der Waals surface area contributed by atoms with Crippen LogP contribution in [0.25, 0.3) is 0 Å². The normalized spacial score (nSPS) is 11.3. The molecule has 5 nitrogen and oxygen atoms in total. The maximum Gasteiger partial charge on any atom is 0.233 e. The van der Waals surface area contributed by atoms with Gasteiger partial charge in [0.2, 0.25) is 5.91 Å². The van der Waals surface area contributed by atoms with Crippen molar-refractivity contribution >= 4 is 23.1 Å². The summed E-state index contributed by atoms with van der Waals surface area (Å²) in [4.78, 5) is 12.8. The third-order valence-corrected chi connectivity index (χ3v) is 3.84. The van der Waals surface area contributed by atoms with Gasteiger partial charge in [-0.3, -0.25) is 9.48 Å². The number of nitrogens with two attached hydrogens (primary N) is 1. The van der Waals surface area contributed by atoms with Gasteiger partial charge in [0.1, 0.15) is 0 Å². The van der Waals surface area contributed by atoms with Crippen LogP contribution in [0, 0.1) is 5.41 Å². The molecule has 0 bridgehead atoms. The molecule has 0 radical (unpaired) electrons. The summed E-state index contributed by atoms with van der Waals surface area (Å²) in [7, 11) is 0. The van der Waals surface area contributed by atoms with E-state index in [1.807, 2.05) is 26.1 Å². The van der Waals surface area contributed by atoms with E-state index in [2.05, 4.69) is 10.4 Å². The largest absolute Gasteiger partial charge is 0.392 e. The van der Waals surface area contributed by atoms with Crippen molar-refractivity contribution in [3.05, 3.63) is 18.5 Å². The molecule has 3 N–H and O–H groups in total. The van der Waals surface area contributed by atoms with Crippen LogP contribution in [0.5, 0.6) is 0 Å². The molecule has 0 aliphatic heterocycles. The lowest BCUT2D eigenvalue weighted by molar-refractivity contribution is -0.128. The Morgan fingerprint density at radius 1 is 1.40 bits per heavy atom. The highest BCUT2D eigenvalue weighted by Gasteiger charge is 2.39. The summed E-state index contributed by atoms with van der Waals surface area (Å²) < 4.78 is 1.78. The zero-order valence-electron chi connectivity index (χ0n) is 12.3. The smallest absolute Gasteiger partial charge is 0.233 e. The molecule has 112 valence electrons. The zero-order valence-corrected chi connectivity index (χ0v) is 13.1. The van der Waals surface area contributed by atoms with Crippen molar-refractivity contribution in [1.29, 1.82) is 0 Å². The van der Waals surface area contributed by atoms with Gasteiger partial charge in [-0.05, 0) is 18.9 Å². The van der Waals surface area contributed by atoms with E-state index in [0.717, 1.165) is 12.8 Å². The van der Waals surface area contributed by atoms with E-state index in [-0.39, 0.29) is 5.91 Å². The van der Waals surface area contributed by atoms with E-state index in [1.54, 1.807) is 10.9 Å². The minimum Gasteiger partial charge on any atom is -0.392 e. The molecule has 0 aromatic carbocycles.